The van der Waals surface area contributed by atoms with Crippen LogP contribution in [0.1, 0.15) is 20.7 Å². The fourth-order valence-electron chi connectivity index (χ4n) is 2.38. The van der Waals surface area contributed by atoms with Crippen molar-refractivity contribution in [2.24, 2.45) is 0 Å². The minimum Gasteiger partial charge on any atom is -0.497 e. The molecule has 0 saturated carbocycles. The van der Waals surface area contributed by atoms with Crippen LogP contribution in [0.3, 0.4) is 0 Å². The second-order valence-electron chi connectivity index (χ2n) is 4.98. The molecule has 24 heavy (non-hydrogen) atoms. The summed E-state index contributed by atoms with van der Waals surface area (Å²) >= 11 is 1.34. The third-order valence-corrected chi connectivity index (χ3v) is 4.63. The SMILES string of the molecule is COC(=O)c1c(NC(=O)c2cccc(OC)c2)sc2ccccc12. The standard InChI is InChI=1S/C18H15NO4S/c1-22-12-7-5-6-11(10-12)16(20)19-17-15(18(21)23-2)13-8-3-4-9-14(13)24-17/h3-10H,1-2H3,(H,19,20). The molecule has 6 heteroatoms. The number of thiophene rings is 1. The van der Waals surface area contributed by atoms with E-state index in [4.69, 9.17) is 9.47 Å². The Morgan fingerprint density at radius 1 is 1.04 bits per heavy atom. The number of esters is 1. The number of rotatable bonds is 4. The second kappa shape index (κ2) is 6.72. The molecule has 1 amide bonds. The Balaban J connectivity index is 2.00. The molecule has 0 aliphatic rings. The Hall–Kier alpha value is -2.86. The van der Waals surface area contributed by atoms with Gasteiger partial charge in [-0.15, -0.1) is 11.3 Å². The molecular weight excluding hydrogens is 326 g/mol. The monoisotopic (exact) mass is 341 g/mol. The number of anilines is 1. The van der Waals surface area contributed by atoms with Crippen molar-refractivity contribution in [2.75, 3.05) is 19.5 Å². The Labute approximate surface area is 142 Å². The molecule has 1 aromatic heterocycles. The Morgan fingerprint density at radius 2 is 1.83 bits per heavy atom. The first-order valence-electron chi connectivity index (χ1n) is 7.19. The van der Waals surface area contributed by atoms with Crippen molar-refractivity contribution in [3.05, 3.63) is 59.7 Å². The molecule has 0 unspecified atom stereocenters. The van der Waals surface area contributed by atoms with Crippen molar-refractivity contribution in [3.8, 4) is 5.75 Å². The molecule has 0 radical (unpaired) electrons. The summed E-state index contributed by atoms with van der Waals surface area (Å²) in [6, 6.07) is 14.3. The molecule has 5 nitrogen and oxygen atoms in total. The molecule has 0 spiro atoms. The van der Waals surface area contributed by atoms with Crippen molar-refractivity contribution in [1.29, 1.82) is 0 Å². The lowest BCUT2D eigenvalue weighted by Crippen LogP contribution is -2.14. The third kappa shape index (κ3) is 2.96. The summed E-state index contributed by atoms with van der Waals surface area (Å²) in [6.07, 6.45) is 0. The normalized spacial score (nSPS) is 10.4. The average molecular weight is 341 g/mol. The van der Waals surface area contributed by atoms with E-state index in [1.165, 1.54) is 18.4 Å². The number of carbonyl (C=O) groups excluding carboxylic acids is 2. The summed E-state index contributed by atoms with van der Waals surface area (Å²) in [6.45, 7) is 0. The molecule has 3 rings (SSSR count). The van der Waals surface area contributed by atoms with Gasteiger partial charge in [0.25, 0.3) is 5.91 Å². The minimum atomic E-state index is -0.478. The highest BCUT2D eigenvalue weighted by Gasteiger charge is 2.21. The van der Waals surface area contributed by atoms with Crippen LogP contribution in [0.25, 0.3) is 10.1 Å². The zero-order valence-corrected chi connectivity index (χ0v) is 14.0. The van der Waals surface area contributed by atoms with Crippen LogP contribution in [-0.2, 0) is 4.74 Å². The highest BCUT2D eigenvalue weighted by atomic mass is 32.1. The van der Waals surface area contributed by atoms with Gasteiger partial charge in [0.2, 0.25) is 0 Å². The second-order valence-corrected chi connectivity index (χ2v) is 6.03. The maximum Gasteiger partial charge on any atom is 0.341 e. The summed E-state index contributed by atoms with van der Waals surface area (Å²) in [7, 11) is 2.86. The maximum absolute atomic E-state index is 12.5. The molecule has 0 aliphatic heterocycles. The van der Waals surface area contributed by atoms with Gasteiger partial charge in [-0.05, 0) is 24.3 Å². The molecule has 0 aliphatic carbocycles. The Kier molecular flexibility index (Phi) is 4.48. The van der Waals surface area contributed by atoms with Crippen LogP contribution in [0.4, 0.5) is 5.00 Å². The number of fused-ring (bicyclic) bond motifs is 1. The van der Waals surface area contributed by atoms with Crippen molar-refractivity contribution in [2.45, 2.75) is 0 Å². The molecule has 0 bridgehead atoms. The van der Waals surface area contributed by atoms with Gasteiger partial charge in [-0.3, -0.25) is 4.79 Å². The van der Waals surface area contributed by atoms with Crippen LogP contribution >= 0.6 is 11.3 Å². The fourth-order valence-corrected chi connectivity index (χ4v) is 3.46. The Bertz CT molecular complexity index is 916. The van der Waals surface area contributed by atoms with Crippen molar-refractivity contribution >= 4 is 38.3 Å². The van der Waals surface area contributed by atoms with Crippen LogP contribution in [0, 0.1) is 0 Å². The zero-order chi connectivity index (χ0) is 17.1. The summed E-state index contributed by atoms with van der Waals surface area (Å²) in [4.78, 5) is 24.7. The van der Waals surface area contributed by atoms with E-state index in [1.54, 1.807) is 31.4 Å². The van der Waals surface area contributed by atoms with Gasteiger partial charge in [0.15, 0.2) is 0 Å². The number of nitrogens with one attached hydrogen (secondary N) is 1. The fraction of sp³-hybridized carbons (Fsp3) is 0.111. The molecule has 1 heterocycles. The molecule has 0 atom stereocenters. The van der Waals surface area contributed by atoms with Crippen molar-refractivity contribution in [1.82, 2.24) is 0 Å². The topological polar surface area (TPSA) is 64.6 Å². The van der Waals surface area contributed by atoms with Crippen LogP contribution in [0.2, 0.25) is 0 Å². The highest BCUT2D eigenvalue weighted by molar-refractivity contribution is 7.23. The zero-order valence-electron chi connectivity index (χ0n) is 13.2. The van der Waals surface area contributed by atoms with E-state index < -0.39 is 5.97 Å². The van der Waals surface area contributed by atoms with E-state index in [0.29, 0.717) is 21.9 Å². The number of methoxy groups -OCH3 is 2. The lowest BCUT2D eigenvalue weighted by molar-refractivity contribution is 0.0604. The lowest BCUT2D eigenvalue weighted by atomic mass is 10.1. The van der Waals surface area contributed by atoms with Crippen molar-refractivity contribution < 1.29 is 19.1 Å². The van der Waals surface area contributed by atoms with Gasteiger partial charge in [-0.1, -0.05) is 24.3 Å². The molecule has 0 fully saturated rings. The van der Waals surface area contributed by atoms with Gasteiger partial charge in [0.05, 0.1) is 14.2 Å². The molecular formula is C18H15NO4S. The molecule has 2 aromatic carbocycles. The molecule has 122 valence electrons. The average Bonchev–Trinajstić information content (AvgIpc) is 2.98. The van der Waals surface area contributed by atoms with Crippen LogP contribution in [0.15, 0.2) is 48.5 Å². The number of ether oxygens (including phenoxy) is 2. The number of hydrogen-bond acceptors (Lipinski definition) is 5. The summed E-state index contributed by atoms with van der Waals surface area (Å²) < 4.78 is 10.9. The van der Waals surface area contributed by atoms with Crippen LogP contribution in [-0.4, -0.2) is 26.1 Å². The molecule has 3 aromatic rings. The number of carbonyl (C=O) groups is 2. The number of amides is 1. The first-order chi connectivity index (χ1) is 11.6. The highest BCUT2D eigenvalue weighted by Crippen LogP contribution is 2.36. The number of benzene rings is 2. The Morgan fingerprint density at radius 3 is 2.58 bits per heavy atom. The van der Waals surface area contributed by atoms with Crippen LogP contribution < -0.4 is 10.1 Å². The lowest BCUT2D eigenvalue weighted by Gasteiger charge is -2.07. The van der Waals surface area contributed by atoms with Gasteiger partial charge in [0, 0.05) is 15.6 Å². The van der Waals surface area contributed by atoms with E-state index in [1.807, 2.05) is 24.3 Å². The van der Waals surface area contributed by atoms with E-state index in [2.05, 4.69) is 5.32 Å². The number of hydrogen-bond donors (Lipinski definition) is 1. The van der Waals surface area contributed by atoms with E-state index in [9.17, 15) is 9.59 Å². The first-order valence-corrected chi connectivity index (χ1v) is 8.01. The molecule has 0 saturated heterocycles. The largest absolute Gasteiger partial charge is 0.497 e. The van der Waals surface area contributed by atoms with Crippen LogP contribution in [0.5, 0.6) is 5.75 Å². The van der Waals surface area contributed by atoms with Crippen molar-refractivity contribution in [3.63, 3.8) is 0 Å². The quantitative estimate of drug-likeness (QED) is 0.730. The van der Waals surface area contributed by atoms with Gasteiger partial charge in [-0.2, -0.15) is 0 Å². The van der Waals surface area contributed by atoms with E-state index >= 15 is 0 Å². The summed E-state index contributed by atoms with van der Waals surface area (Å²) in [5.74, 6) is -0.203. The maximum atomic E-state index is 12.5. The van der Waals surface area contributed by atoms with Gasteiger partial charge >= 0.3 is 5.97 Å². The van der Waals surface area contributed by atoms with E-state index in [-0.39, 0.29) is 5.91 Å². The smallest absolute Gasteiger partial charge is 0.341 e. The van der Waals surface area contributed by atoms with Gasteiger partial charge in [0.1, 0.15) is 16.3 Å². The van der Waals surface area contributed by atoms with E-state index in [0.717, 1.165) is 10.1 Å². The van der Waals surface area contributed by atoms with Gasteiger partial charge in [-0.25, -0.2) is 4.79 Å². The predicted molar refractivity (Wildman–Crippen MR) is 94.1 cm³/mol. The third-order valence-electron chi connectivity index (χ3n) is 3.54. The summed E-state index contributed by atoms with van der Waals surface area (Å²) in [5.41, 5.74) is 0.817. The minimum absolute atomic E-state index is 0.314. The predicted octanol–water partition coefficient (Wildman–Crippen LogP) is 3.95. The van der Waals surface area contributed by atoms with Gasteiger partial charge < -0.3 is 14.8 Å². The molecule has 1 N–H and O–H groups in total. The first kappa shape index (κ1) is 16.0. The summed E-state index contributed by atoms with van der Waals surface area (Å²) in [5, 5.41) is 4.03.